The van der Waals surface area contributed by atoms with Crippen LogP contribution in [0.1, 0.15) is 89.7 Å². The number of benzene rings is 1. The van der Waals surface area contributed by atoms with E-state index in [2.05, 4.69) is 39.8 Å². The van der Waals surface area contributed by atoms with Crippen molar-refractivity contribution in [2.45, 2.75) is 90.5 Å². The Morgan fingerprint density at radius 2 is 2.07 bits per heavy atom. The van der Waals surface area contributed by atoms with Gasteiger partial charge in [0.2, 0.25) is 0 Å². The van der Waals surface area contributed by atoms with E-state index < -0.39 is 0 Å². The first-order chi connectivity index (χ1) is 14.1. The summed E-state index contributed by atoms with van der Waals surface area (Å²) in [5, 5.41) is 10.2. The van der Waals surface area contributed by atoms with Crippen LogP contribution in [-0.4, -0.2) is 17.8 Å². The number of allylic oxidation sites excluding steroid dienone is 2. The van der Waals surface area contributed by atoms with Crippen LogP contribution in [0.3, 0.4) is 0 Å². The number of hydrogen-bond acceptors (Lipinski definition) is 3. The molecule has 3 aliphatic carbocycles. The van der Waals surface area contributed by atoms with Gasteiger partial charge in [0.1, 0.15) is 0 Å². The van der Waals surface area contributed by atoms with Gasteiger partial charge in [0.25, 0.3) is 0 Å². The molecule has 1 saturated carbocycles. The van der Waals surface area contributed by atoms with Crippen LogP contribution in [0.4, 0.5) is 0 Å². The lowest BCUT2D eigenvalue weighted by molar-refractivity contribution is 0.0685. The third-order valence-corrected chi connectivity index (χ3v) is 8.65. The van der Waals surface area contributed by atoms with Crippen molar-refractivity contribution in [3.05, 3.63) is 34.9 Å². The van der Waals surface area contributed by atoms with Crippen molar-refractivity contribution >= 4 is 0 Å². The molecule has 1 aromatic rings. The molecule has 1 fully saturated rings. The first-order valence-electron chi connectivity index (χ1n) is 12.0. The summed E-state index contributed by atoms with van der Waals surface area (Å²) < 4.78 is 5.44. The Kier molecular flexibility index (Phi) is 5.72. The second kappa shape index (κ2) is 7.89. The minimum absolute atomic E-state index is 0.0563. The van der Waals surface area contributed by atoms with Gasteiger partial charge in [0, 0.05) is 5.54 Å². The fraction of sp³-hybridized carbons (Fsp3) is 0.704. The van der Waals surface area contributed by atoms with E-state index in [0.717, 1.165) is 24.7 Å². The number of ether oxygens (including phenoxy) is 1. The number of aromatic hydroxyl groups is 1. The molecule has 3 aliphatic rings. The molecule has 0 aliphatic heterocycles. The summed E-state index contributed by atoms with van der Waals surface area (Å²) in [7, 11) is 1.65. The number of methoxy groups -OCH3 is 1. The van der Waals surface area contributed by atoms with Crippen molar-refractivity contribution < 1.29 is 9.84 Å². The fourth-order valence-electron chi connectivity index (χ4n) is 7.13. The van der Waals surface area contributed by atoms with Crippen LogP contribution in [0.15, 0.2) is 23.8 Å². The SMILES string of the molecule is COc1cc2c(cc1O)CC[C@@H]1[C@@H]2CC[C@]2(C)C([C@H](C)CCCC(C)(C)N)=CC[C@@H]12. The third kappa shape index (κ3) is 3.79. The Morgan fingerprint density at radius 1 is 1.30 bits per heavy atom. The van der Waals surface area contributed by atoms with E-state index in [-0.39, 0.29) is 11.3 Å². The highest BCUT2D eigenvalue weighted by Gasteiger charge is 2.52. The molecule has 0 saturated heterocycles. The zero-order valence-corrected chi connectivity index (χ0v) is 19.6. The average Bonchev–Trinajstić information content (AvgIpc) is 3.03. The van der Waals surface area contributed by atoms with Crippen molar-refractivity contribution in [1.29, 1.82) is 0 Å². The Morgan fingerprint density at radius 3 is 2.77 bits per heavy atom. The molecule has 1 aromatic carbocycles. The standard InChI is InChI=1S/C27H41NO2/c1-17(7-6-13-26(2,3)28)22-10-11-23-20-9-8-18-15-24(29)25(30-5)16-21(18)19(20)12-14-27(22,23)4/h10,15-17,19-20,23,29H,6-9,11-14,28H2,1-5H3/t17-,19+,20-,23+,27-/m1/s1. The summed E-state index contributed by atoms with van der Waals surface area (Å²) in [6.07, 6.45) is 12.3. The van der Waals surface area contributed by atoms with Crippen LogP contribution in [-0.2, 0) is 6.42 Å². The maximum Gasteiger partial charge on any atom is 0.160 e. The van der Waals surface area contributed by atoms with Gasteiger partial charge in [-0.15, -0.1) is 0 Å². The normalized spacial score (nSPS) is 31.4. The average molecular weight is 412 g/mol. The number of fused-ring (bicyclic) bond motifs is 5. The topological polar surface area (TPSA) is 55.5 Å². The molecule has 30 heavy (non-hydrogen) atoms. The molecule has 0 spiro atoms. The van der Waals surface area contributed by atoms with E-state index in [9.17, 15) is 5.11 Å². The van der Waals surface area contributed by atoms with Gasteiger partial charge in [0.05, 0.1) is 7.11 Å². The van der Waals surface area contributed by atoms with Crippen molar-refractivity contribution in [1.82, 2.24) is 0 Å². The zero-order chi connectivity index (χ0) is 21.7. The number of rotatable bonds is 6. The summed E-state index contributed by atoms with van der Waals surface area (Å²) in [4.78, 5) is 0. The third-order valence-electron chi connectivity index (χ3n) is 8.65. The quantitative estimate of drug-likeness (QED) is 0.537. The van der Waals surface area contributed by atoms with Gasteiger partial charge < -0.3 is 15.6 Å². The van der Waals surface area contributed by atoms with Gasteiger partial charge >= 0.3 is 0 Å². The summed E-state index contributed by atoms with van der Waals surface area (Å²) in [6, 6.07) is 4.09. The van der Waals surface area contributed by atoms with E-state index in [1.165, 1.54) is 49.7 Å². The largest absolute Gasteiger partial charge is 0.504 e. The molecule has 0 heterocycles. The van der Waals surface area contributed by atoms with Crippen LogP contribution >= 0.6 is 0 Å². The number of phenolic OH excluding ortho intramolecular Hbond substituents is 1. The maximum atomic E-state index is 10.2. The highest BCUT2D eigenvalue weighted by molar-refractivity contribution is 5.49. The second-order valence-corrected chi connectivity index (χ2v) is 11.3. The summed E-state index contributed by atoms with van der Waals surface area (Å²) in [5.74, 6) is 3.69. The molecular formula is C27H41NO2. The summed E-state index contributed by atoms with van der Waals surface area (Å²) in [6.45, 7) is 9.28. The molecule has 4 rings (SSSR count). The van der Waals surface area contributed by atoms with E-state index >= 15 is 0 Å². The van der Waals surface area contributed by atoms with E-state index in [4.69, 9.17) is 10.5 Å². The Labute approximate surface area is 183 Å². The summed E-state index contributed by atoms with van der Waals surface area (Å²) >= 11 is 0. The van der Waals surface area contributed by atoms with Crippen LogP contribution in [0.5, 0.6) is 11.5 Å². The van der Waals surface area contributed by atoms with Gasteiger partial charge in [-0.05, 0) is 111 Å². The predicted octanol–water partition coefficient (Wildman–Crippen LogP) is 6.34. The molecule has 3 heteroatoms. The molecule has 3 N–H and O–H groups in total. The first-order valence-corrected chi connectivity index (χ1v) is 12.0. The minimum Gasteiger partial charge on any atom is -0.504 e. The highest BCUT2D eigenvalue weighted by atomic mass is 16.5. The van der Waals surface area contributed by atoms with E-state index in [1.54, 1.807) is 12.7 Å². The molecule has 0 amide bonds. The smallest absolute Gasteiger partial charge is 0.160 e. The van der Waals surface area contributed by atoms with Crippen molar-refractivity contribution in [2.75, 3.05) is 7.11 Å². The zero-order valence-electron chi connectivity index (χ0n) is 19.6. The number of aryl methyl sites for hydroxylation is 1. The molecule has 0 aromatic heterocycles. The van der Waals surface area contributed by atoms with Crippen LogP contribution < -0.4 is 10.5 Å². The first kappa shape index (κ1) is 21.7. The molecule has 0 bridgehead atoms. The lowest BCUT2D eigenvalue weighted by Crippen LogP contribution is -2.42. The minimum atomic E-state index is -0.0563. The van der Waals surface area contributed by atoms with Gasteiger partial charge in [-0.2, -0.15) is 0 Å². The number of nitrogens with two attached hydrogens (primary N) is 1. The molecule has 166 valence electrons. The predicted molar refractivity (Wildman–Crippen MR) is 124 cm³/mol. The molecular weight excluding hydrogens is 370 g/mol. The molecule has 0 radical (unpaired) electrons. The number of phenols is 1. The highest BCUT2D eigenvalue weighted by Crippen LogP contribution is 2.62. The fourth-order valence-corrected chi connectivity index (χ4v) is 7.13. The van der Waals surface area contributed by atoms with Crippen LogP contribution in [0.2, 0.25) is 0 Å². The Bertz CT molecular complexity index is 821. The van der Waals surface area contributed by atoms with Gasteiger partial charge in [-0.3, -0.25) is 0 Å². The number of hydrogen-bond donors (Lipinski definition) is 2. The van der Waals surface area contributed by atoms with Crippen molar-refractivity contribution in [3.63, 3.8) is 0 Å². The molecule has 3 nitrogen and oxygen atoms in total. The lowest BCUT2D eigenvalue weighted by atomic mass is 9.53. The second-order valence-electron chi connectivity index (χ2n) is 11.3. The Hall–Kier alpha value is -1.48. The van der Waals surface area contributed by atoms with E-state index in [0.29, 0.717) is 23.0 Å². The van der Waals surface area contributed by atoms with Crippen LogP contribution in [0.25, 0.3) is 0 Å². The van der Waals surface area contributed by atoms with Gasteiger partial charge in [-0.25, -0.2) is 0 Å². The lowest BCUT2D eigenvalue weighted by Gasteiger charge is -2.51. The van der Waals surface area contributed by atoms with Crippen molar-refractivity contribution in [3.8, 4) is 11.5 Å². The van der Waals surface area contributed by atoms with Crippen LogP contribution in [0, 0.1) is 23.2 Å². The van der Waals surface area contributed by atoms with Gasteiger partial charge in [0.15, 0.2) is 11.5 Å². The summed E-state index contributed by atoms with van der Waals surface area (Å²) in [5.41, 5.74) is 11.0. The Balaban J connectivity index is 1.51. The monoisotopic (exact) mass is 411 g/mol. The molecule has 5 atom stereocenters. The maximum absolute atomic E-state index is 10.2. The van der Waals surface area contributed by atoms with Gasteiger partial charge in [-0.1, -0.05) is 31.9 Å². The van der Waals surface area contributed by atoms with E-state index in [1.807, 2.05) is 6.07 Å². The molecule has 0 unspecified atom stereocenters. The van der Waals surface area contributed by atoms with Crippen molar-refractivity contribution in [2.24, 2.45) is 28.9 Å².